The summed E-state index contributed by atoms with van der Waals surface area (Å²) in [5.41, 5.74) is 2.22. The molecule has 9 aliphatic heterocycles. The second-order valence-electron chi connectivity index (χ2n) is 31.3. The van der Waals surface area contributed by atoms with Gasteiger partial charge in [-0.3, -0.25) is 24.8 Å². The predicted octanol–water partition coefficient (Wildman–Crippen LogP) is 10.5. The van der Waals surface area contributed by atoms with E-state index in [1.165, 1.54) is 114 Å². The molecule has 5 N–H and O–H groups in total. The lowest BCUT2D eigenvalue weighted by molar-refractivity contribution is -0.137. The van der Waals surface area contributed by atoms with E-state index in [2.05, 4.69) is 53.5 Å². The number of nitrogens with zero attached hydrogens (tertiary/aromatic N) is 14. The quantitative estimate of drug-likeness (QED) is 0.0105. The molecule has 0 aliphatic carbocycles. The van der Waals surface area contributed by atoms with Crippen molar-refractivity contribution in [3.63, 3.8) is 0 Å². The topological polar surface area (TPSA) is 413 Å². The molecule has 0 unspecified atom stereocenters. The number of ether oxygens (including phenoxy) is 3. The molecule has 13 heterocycles. The number of ketones is 1. The SMILES string of the molecule is CCCCNS(=O)(=O)N[C@H]1CC2=C(C(=O)OC)[C@H](c3ccc(F)c(F)c3F)N=C(c3nccs3)N2C1.CCS(=O)(=O)N[C@H]1CC2=C(C(C)=O)[C@H](c3cccc(F)c3Cl)N=C(c3nccs3)N2C1.COC(=O)C1=C2C[C@H](NS(=O)(=O)N(C)C)CN2C(c2nccs2)=N[C@H]1c1cccc(F)c1Cl.COC(=O)C1=C2C[C@H](NS(=O)(=O)N3CCC3)CN2C(c2nccs2)=N[C@H]1c1ccc(F)c(F)c1F. The van der Waals surface area contributed by atoms with E-state index in [9.17, 15) is 88.0 Å². The van der Waals surface area contributed by atoms with Gasteiger partial charge in [0.05, 0.1) is 53.8 Å². The third-order valence-corrected chi connectivity index (χ3v) is 32.4. The van der Waals surface area contributed by atoms with Gasteiger partial charge in [0.1, 0.15) is 35.8 Å². The first-order chi connectivity index (χ1) is 64.2. The number of amidine groups is 4. The molecule has 8 atom stereocenters. The molecule has 135 heavy (non-hydrogen) atoms. The molecule has 4 aromatic heterocycles. The van der Waals surface area contributed by atoms with Crippen molar-refractivity contribution in [3.05, 3.63) is 251 Å². The fourth-order valence-electron chi connectivity index (χ4n) is 16.2. The van der Waals surface area contributed by atoms with Gasteiger partial charge >= 0.3 is 17.9 Å². The minimum absolute atomic E-state index is 0.0446. The molecule has 0 amide bonds. The number of fused-ring (bicyclic) bond motifs is 4. The number of nitrogens with one attached hydrogen (secondary N) is 5. The number of esters is 3. The Kier molecular flexibility index (Phi) is 31.4. The number of hydrogen-bond donors (Lipinski definition) is 5. The van der Waals surface area contributed by atoms with Crippen LogP contribution in [0.5, 0.6) is 0 Å². The van der Waals surface area contributed by atoms with Gasteiger partial charge in [0.25, 0.3) is 30.6 Å². The number of aromatic nitrogens is 4. The molecule has 720 valence electrons. The summed E-state index contributed by atoms with van der Waals surface area (Å²) >= 11 is 17.7. The molecule has 52 heteroatoms. The van der Waals surface area contributed by atoms with Crippen molar-refractivity contribution < 1.29 is 102 Å². The number of thiazole rings is 4. The van der Waals surface area contributed by atoms with Crippen molar-refractivity contribution in [2.45, 2.75) is 114 Å². The fraction of sp³-hybridized carbons (Fsp3) is 0.373. The Morgan fingerprint density at radius 3 is 1.13 bits per heavy atom. The number of Topliss-reactive ketones (excluding diaryl/α,β-unsaturated/α-hetero) is 1. The largest absolute Gasteiger partial charge is 0.466 e. The average Bonchev–Trinajstić information content (AvgIpc) is 1.65. The van der Waals surface area contributed by atoms with Crippen LogP contribution in [0.4, 0.5) is 35.1 Å². The highest BCUT2D eigenvalue weighted by atomic mass is 35.5. The van der Waals surface area contributed by atoms with E-state index < -0.39 is 153 Å². The van der Waals surface area contributed by atoms with Crippen LogP contribution in [-0.4, -0.2) is 240 Å². The number of methoxy groups -OCH3 is 3. The minimum Gasteiger partial charge on any atom is -0.466 e. The zero-order chi connectivity index (χ0) is 97.2. The van der Waals surface area contributed by atoms with Crippen LogP contribution in [0.2, 0.25) is 10.0 Å². The lowest BCUT2D eigenvalue weighted by Gasteiger charge is -2.31. The highest BCUT2D eigenvalue weighted by Crippen LogP contribution is 2.49. The van der Waals surface area contributed by atoms with Crippen molar-refractivity contribution in [1.82, 2.24) is 71.8 Å². The lowest BCUT2D eigenvalue weighted by atomic mass is 9.92. The molecule has 0 spiro atoms. The number of halogens is 10. The Morgan fingerprint density at radius 1 is 0.459 bits per heavy atom. The van der Waals surface area contributed by atoms with Gasteiger partial charge in [-0.15, -0.1) is 45.3 Å². The highest BCUT2D eigenvalue weighted by molar-refractivity contribution is 7.89. The Bertz CT molecular complexity index is 6680. The van der Waals surface area contributed by atoms with E-state index in [1.54, 1.807) is 67.7 Å². The van der Waals surface area contributed by atoms with Gasteiger partial charge in [-0.2, -0.15) is 48.0 Å². The second-order valence-corrected chi connectivity index (χ2v) is 42.8. The number of carbonyl (C=O) groups is 4. The summed E-state index contributed by atoms with van der Waals surface area (Å²) in [4.78, 5) is 94.0. The average molecular weight is 2070 g/mol. The molecule has 0 bridgehead atoms. The molecule has 5 saturated heterocycles. The maximum atomic E-state index is 14.9. The van der Waals surface area contributed by atoms with Crippen LogP contribution in [0.3, 0.4) is 0 Å². The van der Waals surface area contributed by atoms with Gasteiger partial charge in [-0.1, -0.05) is 72.9 Å². The van der Waals surface area contributed by atoms with Crippen LogP contribution >= 0.6 is 68.5 Å². The molecule has 0 saturated carbocycles. The van der Waals surface area contributed by atoms with Gasteiger partial charge in [0, 0.05) is 207 Å². The molecule has 34 nitrogen and oxygen atoms in total. The third kappa shape index (κ3) is 21.4. The third-order valence-electron chi connectivity index (χ3n) is 22.5. The summed E-state index contributed by atoms with van der Waals surface area (Å²) in [6, 6.07) is 5.54. The number of hydrogen-bond acceptors (Lipinski definition) is 31. The maximum absolute atomic E-state index is 14.9. The standard InChI is InChI=1S/C22H24F3N5O4S2.C21H20F3N5O4S2.C20H21ClFN5O4S2.C20H20ClFN4O3S2/c1-3-4-7-27-36(32,33)29-12-10-15-16(22(31)34-2)19(13-5-6-14(23)18(25)17(13)24)28-20(30(15)11-12)21-26-8-9-35-21;1-33-21(30)15-14-9-11(27-35(31,32)28-6-2-7-28)10-29(14)19(20-25-5-8-34-20)26-18(15)12-3-4-13(22)17(24)16(12)23;1-26(2)33(29,30)25-11-9-14-15(20(28)31-3)17(12-5-4-6-13(22)16(12)21)24-18(27(14)10-11)19-23-7-8-32-19;1-3-31(28,29)25-12-9-15-16(11(2)27)18(13-5-4-6-14(22)17(13)21)24-19(26(15)10-12)20-23-7-8-30-20/h5-6,8-9,12,19,27,29H,3-4,7,10-11H2,1-2H3;3-5,8,11,18,27H,2,6-7,9-10H2,1H3;4-8,11,17,25H,9-10H2,1-3H3;4-8,12,18,25H,3,9-10H2,1-2H3/t12-,19-;11-,18-;11-,17-;12-,18-/m0000/s1. The number of aliphatic imine (C=N–C) groups is 4. The monoisotopic (exact) mass is 2070 g/mol. The molecule has 5 fully saturated rings. The van der Waals surface area contributed by atoms with Gasteiger partial charge in [-0.05, 0) is 51.0 Å². The summed E-state index contributed by atoms with van der Waals surface area (Å²) in [6.45, 7) is 6.81. The van der Waals surface area contributed by atoms with Crippen molar-refractivity contribution in [1.29, 1.82) is 0 Å². The first-order valence-corrected chi connectivity index (χ1v) is 51.6. The number of unbranched alkanes of at least 4 members (excludes halogenated alkanes) is 1. The summed E-state index contributed by atoms with van der Waals surface area (Å²) in [6.07, 6.45) is 9.21. The van der Waals surface area contributed by atoms with E-state index in [4.69, 9.17) is 47.4 Å². The van der Waals surface area contributed by atoms with Gasteiger partial charge in [-0.25, -0.2) is 87.3 Å². The maximum Gasteiger partial charge on any atom is 0.338 e. The molecule has 0 radical (unpaired) electrons. The molecular weight excluding hydrogens is 1980 g/mol. The molecule has 17 rings (SSSR count). The van der Waals surface area contributed by atoms with Crippen molar-refractivity contribution in [2.75, 3.05) is 87.0 Å². The first-order valence-electron chi connectivity index (χ1n) is 41.3. The van der Waals surface area contributed by atoms with Crippen LogP contribution in [0.15, 0.2) is 172 Å². The summed E-state index contributed by atoms with van der Waals surface area (Å²) in [5, 5.41) is 8.79. The van der Waals surface area contributed by atoms with Crippen LogP contribution in [0.25, 0.3) is 0 Å². The summed E-state index contributed by atoms with van der Waals surface area (Å²) in [5.74, 6) is -11.5. The Balaban J connectivity index is 0.000000144. The van der Waals surface area contributed by atoms with E-state index in [-0.39, 0.29) is 107 Å². The molecule has 9 aliphatic rings. The van der Waals surface area contributed by atoms with E-state index in [0.29, 0.717) is 104 Å². The normalized spacial score (nSPS) is 21.1. The summed E-state index contributed by atoms with van der Waals surface area (Å²) < 4.78 is 244. The number of carbonyl (C=O) groups excluding carboxylic acids is 4. The van der Waals surface area contributed by atoms with Crippen LogP contribution in [-0.2, 0) is 74.0 Å². The lowest BCUT2D eigenvalue weighted by Crippen LogP contribution is -2.51. The smallest absolute Gasteiger partial charge is 0.338 e. The minimum atomic E-state index is -3.85. The first kappa shape index (κ1) is 101. The van der Waals surface area contributed by atoms with Crippen molar-refractivity contribution in [3.8, 4) is 0 Å². The number of sulfonamides is 1. The molecule has 4 aromatic carbocycles. The van der Waals surface area contributed by atoms with Crippen LogP contribution in [0, 0.1) is 46.5 Å². The Morgan fingerprint density at radius 2 is 0.807 bits per heavy atom. The number of rotatable bonds is 27. The van der Waals surface area contributed by atoms with Gasteiger partial charge < -0.3 is 33.8 Å². The predicted molar refractivity (Wildman–Crippen MR) is 488 cm³/mol. The Hall–Kier alpha value is -10.1. The molecule has 8 aromatic rings. The Labute approximate surface area is 796 Å². The van der Waals surface area contributed by atoms with Crippen molar-refractivity contribution in [2.24, 2.45) is 20.0 Å². The van der Waals surface area contributed by atoms with Gasteiger partial charge in [0.2, 0.25) is 10.0 Å². The van der Waals surface area contributed by atoms with Crippen LogP contribution < -0.4 is 23.6 Å². The van der Waals surface area contributed by atoms with E-state index >= 15 is 0 Å². The second kappa shape index (κ2) is 42.0. The zero-order valence-electron chi connectivity index (χ0n) is 72.5. The highest BCUT2D eigenvalue weighted by Gasteiger charge is 2.50. The van der Waals surface area contributed by atoms with E-state index in [0.717, 1.165) is 55.6 Å². The number of benzene rings is 4. The van der Waals surface area contributed by atoms with E-state index in [1.807, 2.05) is 11.8 Å². The molecular formula is C83H85Cl2F8N19O15S8. The zero-order valence-corrected chi connectivity index (χ0v) is 80.6. The van der Waals surface area contributed by atoms with Crippen molar-refractivity contribution >= 4 is 156 Å². The summed E-state index contributed by atoms with van der Waals surface area (Å²) in [7, 11) is -8.38. The fourth-order valence-corrected chi connectivity index (χ4v) is 23.4. The van der Waals surface area contributed by atoms with Gasteiger partial charge in [0.15, 0.2) is 84.1 Å². The van der Waals surface area contributed by atoms with Crippen LogP contribution in [0.1, 0.15) is 132 Å².